The zero-order chi connectivity index (χ0) is 24.7. The van der Waals surface area contributed by atoms with Crippen LogP contribution in [0.4, 0.5) is 0 Å². The van der Waals surface area contributed by atoms with Gasteiger partial charge in [-0.2, -0.15) is 0 Å². The van der Waals surface area contributed by atoms with Gasteiger partial charge in [-0.25, -0.2) is 0 Å². The smallest absolute Gasteiger partial charge is 0.224 e. The number of rotatable bonds is 4. The van der Waals surface area contributed by atoms with Crippen molar-refractivity contribution in [1.82, 2.24) is 9.80 Å². The van der Waals surface area contributed by atoms with Gasteiger partial charge in [0, 0.05) is 12.8 Å². The van der Waals surface area contributed by atoms with Crippen LogP contribution >= 0.6 is 0 Å². The van der Waals surface area contributed by atoms with E-state index in [-0.39, 0.29) is 36.0 Å². The van der Waals surface area contributed by atoms with Gasteiger partial charge in [0.2, 0.25) is 11.8 Å². The Morgan fingerprint density at radius 3 is 0.865 bits per heavy atom. The quantitative estimate of drug-likeness (QED) is 0.346. The minimum absolute atomic E-state index is 0.0148. The number of hydrogen-bond donors (Lipinski definition) is 0. The summed E-state index contributed by atoms with van der Waals surface area (Å²) < 4.78 is 0. The highest BCUT2D eigenvalue weighted by Crippen LogP contribution is 2.57. The summed E-state index contributed by atoms with van der Waals surface area (Å²) in [6, 6.07) is 33.6. The maximum atomic E-state index is 13.6. The van der Waals surface area contributed by atoms with Gasteiger partial charge in [0.25, 0.3) is 0 Å². The Morgan fingerprint density at radius 1 is 0.432 bits per heavy atom. The second-order valence-corrected chi connectivity index (χ2v) is 10.6. The van der Waals surface area contributed by atoms with Crippen molar-refractivity contribution in [3.8, 4) is 0 Å². The first-order valence-electron chi connectivity index (χ1n) is 13.2. The number of carbonyl (C=O) groups excluding carboxylic acids is 2. The predicted octanol–water partition coefficient (Wildman–Crippen LogP) is 6.23. The average molecular weight is 483 g/mol. The number of fused-ring (bicyclic) bond motifs is 16. The van der Waals surface area contributed by atoms with Crippen molar-refractivity contribution in [2.24, 2.45) is 0 Å². The number of nitrogens with zero attached hydrogens (tertiary/aromatic N) is 2. The van der Waals surface area contributed by atoms with E-state index in [1.165, 1.54) is 44.5 Å². The largest absolute Gasteiger partial charge is 0.320 e. The van der Waals surface area contributed by atoms with Crippen molar-refractivity contribution in [3.05, 3.63) is 142 Å². The lowest BCUT2D eigenvalue weighted by Crippen LogP contribution is -2.30. The fourth-order valence-corrected chi connectivity index (χ4v) is 7.43. The summed E-state index contributed by atoms with van der Waals surface area (Å²) in [5.74, 6) is 0.261. The lowest BCUT2D eigenvalue weighted by Gasteiger charge is -2.25. The van der Waals surface area contributed by atoms with Gasteiger partial charge < -0.3 is 9.80 Å². The molecule has 4 aliphatic heterocycles. The fourth-order valence-electron chi connectivity index (χ4n) is 7.43. The normalized spacial score (nSPS) is 23.0. The highest BCUT2D eigenvalue weighted by atomic mass is 16.2. The van der Waals surface area contributed by atoms with Crippen LogP contribution in [-0.2, 0) is 9.59 Å². The van der Waals surface area contributed by atoms with Gasteiger partial charge in [-0.05, 0) is 50.9 Å². The zero-order valence-electron chi connectivity index (χ0n) is 20.4. The molecule has 0 saturated carbocycles. The molecule has 0 N–H and O–H groups in total. The van der Waals surface area contributed by atoms with Crippen molar-refractivity contribution < 1.29 is 9.59 Å². The molecule has 180 valence electrons. The van der Waals surface area contributed by atoms with Crippen LogP contribution in [0.3, 0.4) is 0 Å². The van der Waals surface area contributed by atoms with E-state index in [1.54, 1.807) is 0 Å². The molecule has 0 saturated heterocycles. The van der Waals surface area contributed by atoms with Crippen LogP contribution in [0.2, 0.25) is 0 Å². The van der Waals surface area contributed by atoms with Crippen LogP contribution in [0.5, 0.6) is 0 Å². The summed E-state index contributed by atoms with van der Waals surface area (Å²) >= 11 is 0. The van der Waals surface area contributed by atoms with Gasteiger partial charge >= 0.3 is 0 Å². The first-order valence-corrected chi connectivity index (χ1v) is 13.2. The van der Waals surface area contributed by atoms with E-state index in [4.69, 9.17) is 0 Å². The number of amides is 2. The minimum Gasteiger partial charge on any atom is -0.320 e. The van der Waals surface area contributed by atoms with Gasteiger partial charge in [-0.1, -0.05) is 97.1 Å². The van der Waals surface area contributed by atoms with Gasteiger partial charge in [0.1, 0.15) is 0 Å². The lowest BCUT2D eigenvalue weighted by atomic mass is 9.86. The van der Waals surface area contributed by atoms with Crippen LogP contribution in [0.1, 0.15) is 87.9 Å². The van der Waals surface area contributed by atoms with Crippen LogP contribution in [0, 0.1) is 0 Å². The molecule has 2 amide bonds. The van der Waals surface area contributed by atoms with E-state index < -0.39 is 0 Å². The average Bonchev–Trinajstić information content (AvgIpc) is 3.67. The molecule has 8 rings (SSSR count). The summed E-state index contributed by atoms with van der Waals surface area (Å²) in [5.41, 5.74) is 9.89. The lowest BCUT2D eigenvalue weighted by molar-refractivity contribution is -0.134. The molecule has 0 aliphatic carbocycles. The van der Waals surface area contributed by atoms with Crippen molar-refractivity contribution >= 4 is 11.8 Å². The second-order valence-electron chi connectivity index (χ2n) is 10.6. The maximum Gasteiger partial charge on any atom is 0.224 e. The third-order valence-electron chi connectivity index (χ3n) is 8.81. The second kappa shape index (κ2) is 7.66. The van der Waals surface area contributed by atoms with Gasteiger partial charge in [-0.3, -0.25) is 9.59 Å². The van der Waals surface area contributed by atoms with E-state index in [1.807, 2.05) is 0 Å². The van der Waals surface area contributed by atoms with Crippen molar-refractivity contribution in [3.63, 3.8) is 0 Å². The third-order valence-corrected chi connectivity index (χ3v) is 8.81. The third kappa shape index (κ3) is 2.73. The molecule has 0 radical (unpaired) electrons. The van der Waals surface area contributed by atoms with Crippen LogP contribution in [0.15, 0.2) is 97.1 Å². The molecule has 4 bridgehead atoms. The molecule has 0 atom stereocenters. The molecule has 4 heteroatoms. The van der Waals surface area contributed by atoms with Gasteiger partial charge in [0.05, 0.1) is 24.2 Å². The molecule has 0 aromatic heterocycles. The topological polar surface area (TPSA) is 40.6 Å². The van der Waals surface area contributed by atoms with E-state index in [0.717, 1.165) is 0 Å². The molecule has 37 heavy (non-hydrogen) atoms. The highest BCUT2D eigenvalue weighted by Gasteiger charge is 2.51. The molecule has 4 aromatic carbocycles. The predicted molar refractivity (Wildman–Crippen MR) is 141 cm³/mol. The summed E-state index contributed by atoms with van der Waals surface area (Å²) in [5, 5.41) is 0. The molecular weight excluding hydrogens is 456 g/mol. The monoisotopic (exact) mass is 482 g/mol. The Morgan fingerprint density at radius 2 is 0.649 bits per heavy atom. The molecule has 0 unspecified atom stereocenters. The van der Waals surface area contributed by atoms with Crippen LogP contribution < -0.4 is 0 Å². The molecule has 0 fully saturated rings. The fraction of sp³-hybridized carbons (Fsp3) is 0.212. The summed E-state index contributed by atoms with van der Waals surface area (Å²) in [7, 11) is 0. The Labute approximate surface area is 216 Å². The van der Waals surface area contributed by atoms with Gasteiger partial charge in [0.15, 0.2) is 0 Å². The van der Waals surface area contributed by atoms with E-state index in [2.05, 4.69) is 107 Å². The van der Waals surface area contributed by atoms with Crippen LogP contribution in [0.25, 0.3) is 0 Å². The van der Waals surface area contributed by atoms with Crippen molar-refractivity contribution in [2.75, 3.05) is 0 Å². The SMILES string of the molecule is O=C(CCCC(=O)N1C2c3ccccc3C1c1ccccc12)N1C2c3ccccc3C1c1ccccc12. The molecule has 0 spiro atoms. The Kier molecular flexibility index (Phi) is 4.34. The molecular formula is C33H26N2O2. The first-order chi connectivity index (χ1) is 18.2. The Hall–Kier alpha value is -4.18. The highest BCUT2D eigenvalue weighted by molar-refractivity contribution is 5.84. The first kappa shape index (κ1) is 21.0. The van der Waals surface area contributed by atoms with E-state index >= 15 is 0 Å². The summed E-state index contributed by atoms with van der Waals surface area (Å²) in [6.07, 6.45) is 1.32. The Balaban J connectivity index is 1.01. The Bertz CT molecular complexity index is 1290. The number of carbonyl (C=O) groups is 2. The van der Waals surface area contributed by atoms with Gasteiger partial charge in [-0.15, -0.1) is 0 Å². The standard InChI is InChI=1S/C33H26N2O2/c36-28(34-30-20-10-1-2-11-21(20)31(34)23-13-4-3-12-22(23)30)18-9-19-29(37)35-32-24-14-5-6-15-25(24)33(35)27-17-8-7-16-26(27)32/h1-8,10-17,30-33H,9,18-19H2. The maximum absolute atomic E-state index is 13.6. The summed E-state index contributed by atoms with van der Waals surface area (Å²) in [6.45, 7) is 0. The minimum atomic E-state index is -0.0148. The summed E-state index contributed by atoms with van der Waals surface area (Å²) in [4.78, 5) is 31.4. The molecule has 4 nitrogen and oxygen atoms in total. The van der Waals surface area contributed by atoms with E-state index in [0.29, 0.717) is 19.3 Å². The van der Waals surface area contributed by atoms with E-state index in [9.17, 15) is 9.59 Å². The molecule has 4 aromatic rings. The zero-order valence-corrected chi connectivity index (χ0v) is 20.4. The van der Waals surface area contributed by atoms with Crippen molar-refractivity contribution in [2.45, 2.75) is 43.4 Å². The number of benzene rings is 4. The molecule has 4 aliphatic rings. The molecule has 4 heterocycles. The van der Waals surface area contributed by atoms with Crippen molar-refractivity contribution in [1.29, 1.82) is 0 Å². The van der Waals surface area contributed by atoms with Crippen LogP contribution in [-0.4, -0.2) is 21.6 Å². The number of hydrogen-bond acceptors (Lipinski definition) is 2.